The normalized spacial score (nSPS) is 25.6. The first-order valence-electron chi connectivity index (χ1n) is 6.54. The highest BCUT2D eigenvalue weighted by molar-refractivity contribution is 7.87. The fourth-order valence-corrected chi connectivity index (χ4v) is 3.91. The van der Waals surface area contributed by atoms with Gasteiger partial charge in [-0.25, -0.2) is 0 Å². The van der Waals surface area contributed by atoms with Gasteiger partial charge in [0.05, 0.1) is 13.2 Å². The van der Waals surface area contributed by atoms with Crippen LogP contribution in [0.2, 0.25) is 0 Å². The molecule has 0 aromatic rings. The zero-order valence-corrected chi connectivity index (χ0v) is 11.0. The second kappa shape index (κ2) is 6.13. The molecular formula is C11H22N2O3S. The van der Waals surface area contributed by atoms with Crippen LogP contribution in [0.25, 0.3) is 0 Å². The van der Waals surface area contributed by atoms with E-state index in [-0.39, 0.29) is 6.04 Å². The minimum absolute atomic E-state index is 0.130. The first kappa shape index (κ1) is 13.3. The highest BCUT2D eigenvalue weighted by Gasteiger charge is 2.27. The molecule has 2 fully saturated rings. The Labute approximate surface area is 104 Å². The number of hydrogen-bond donors (Lipinski definition) is 1. The maximum absolute atomic E-state index is 12.1. The Kier molecular flexibility index (Phi) is 4.78. The molecule has 0 atom stereocenters. The van der Waals surface area contributed by atoms with E-state index in [0.717, 1.165) is 25.7 Å². The van der Waals surface area contributed by atoms with Gasteiger partial charge in [-0.05, 0) is 12.8 Å². The maximum Gasteiger partial charge on any atom is 0.279 e. The van der Waals surface area contributed by atoms with E-state index in [1.54, 1.807) is 0 Å². The summed E-state index contributed by atoms with van der Waals surface area (Å²) in [6.45, 7) is 1.96. The molecule has 0 aromatic carbocycles. The number of nitrogens with one attached hydrogen (secondary N) is 1. The summed E-state index contributed by atoms with van der Waals surface area (Å²) in [7, 11) is -3.30. The summed E-state index contributed by atoms with van der Waals surface area (Å²) in [6.07, 6.45) is 6.69. The molecule has 0 bridgehead atoms. The van der Waals surface area contributed by atoms with E-state index in [1.807, 2.05) is 0 Å². The fraction of sp³-hybridized carbons (Fsp3) is 1.00. The molecule has 0 aromatic heterocycles. The zero-order valence-electron chi connectivity index (χ0n) is 10.2. The van der Waals surface area contributed by atoms with E-state index in [4.69, 9.17) is 4.74 Å². The Hall–Kier alpha value is -0.170. The van der Waals surface area contributed by atoms with E-state index in [9.17, 15) is 8.42 Å². The van der Waals surface area contributed by atoms with E-state index >= 15 is 0 Å². The maximum atomic E-state index is 12.1. The van der Waals surface area contributed by atoms with Crippen molar-refractivity contribution < 1.29 is 13.2 Å². The third-order valence-corrected chi connectivity index (χ3v) is 5.16. The summed E-state index contributed by atoms with van der Waals surface area (Å²) in [5.41, 5.74) is 0. The van der Waals surface area contributed by atoms with Gasteiger partial charge in [-0.2, -0.15) is 17.4 Å². The first-order valence-corrected chi connectivity index (χ1v) is 7.98. The topological polar surface area (TPSA) is 58.6 Å². The van der Waals surface area contributed by atoms with Crippen LogP contribution < -0.4 is 4.72 Å². The fourth-order valence-electron chi connectivity index (χ4n) is 2.47. The van der Waals surface area contributed by atoms with Crippen molar-refractivity contribution in [2.24, 2.45) is 0 Å². The van der Waals surface area contributed by atoms with Crippen molar-refractivity contribution in [2.75, 3.05) is 26.3 Å². The van der Waals surface area contributed by atoms with Crippen molar-refractivity contribution in [2.45, 2.75) is 44.6 Å². The summed E-state index contributed by atoms with van der Waals surface area (Å²) < 4.78 is 33.8. The molecule has 0 radical (unpaired) electrons. The van der Waals surface area contributed by atoms with Crippen LogP contribution in [0, 0.1) is 0 Å². The molecule has 0 spiro atoms. The van der Waals surface area contributed by atoms with Crippen LogP contribution in [0.3, 0.4) is 0 Å². The minimum Gasteiger partial charge on any atom is -0.379 e. The molecule has 1 heterocycles. The van der Waals surface area contributed by atoms with Gasteiger partial charge in [0.2, 0.25) is 0 Å². The zero-order chi connectivity index (χ0) is 12.1. The van der Waals surface area contributed by atoms with Crippen LogP contribution in [0.5, 0.6) is 0 Å². The highest BCUT2D eigenvalue weighted by Crippen LogP contribution is 2.18. The van der Waals surface area contributed by atoms with Gasteiger partial charge in [0.25, 0.3) is 10.2 Å². The molecular weight excluding hydrogens is 240 g/mol. The Bertz CT molecular complexity index is 318. The summed E-state index contributed by atoms with van der Waals surface area (Å²) in [5.74, 6) is 0. The number of ether oxygens (including phenoxy) is 1. The van der Waals surface area contributed by atoms with Crippen LogP contribution in [0.15, 0.2) is 0 Å². The van der Waals surface area contributed by atoms with Crippen LogP contribution in [0.4, 0.5) is 0 Å². The van der Waals surface area contributed by atoms with Crippen LogP contribution in [-0.2, 0) is 14.9 Å². The summed E-state index contributed by atoms with van der Waals surface area (Å²) in [6, 6.07) is 0.130. The van der Waals surface area contributed by atoms with Crippen molar-refractivity contribution >= 4 is 10.2 Å². The van der Waals surface area contributed by atoms with Crippen molar-refractivity contribution in [1.29, 1.82) is 0 Å². The van der Waals surface area contributed by atoms with Crippen LogP contribution in [-0.4, -0.2) is 45.1 Å². The molecule has 2 aliphatic rings. The molecule has 5 nitrogen and oxygen atoms in total. The molecule has 2 rings (SSSR count). The molecule has 0 amide bonds. The van der Waals surface area contributed by atoms with Crippen LogP contribution in [0.1, 0.15) is 38.5 Å². The van der Waals surface area contributed by atoms with Gasteiger partial charge in [-0.3, -0.25) is 0 Å². The molecule has 17 heavy (non-hydrogen) atoms. The number of nitrogens with zero attached hydrogens (tertiary/aromatic N) is 1. The SMILES string of the molecule is O=S(=O)(NC1CCCCCC1)N1CCOCC1. The quantitative estimate of drug-likeness (QED) is 0.768. The van der Waals surface area contributed by atoms with Crippen molar-refractivity contribution in [3.05, 3.63) is 0 Å². The lowest BCUT2D eigenvalue weighted by molar-refractivity contribution is 0.0723. The Morgan fingerprint density at radius 2 is 1.59 bits per heavy atom. The lowest BCUT2D eigenvalue weighted by Crippen LogP contribution is -2.49. The van der Waals surface area contributed by atoms with Crippen molar-refractivity contribution in [3.63, 3.8) is 0 Å². The van der Waals surface area contributed by atoms with Gasteiger partial charge in [-0.15, -0.1) is 0 Å². The summed E-state index contributed by atoms with van der Waals surface area (Å²) in [4.78, 5) is 0. The van der Waals surface area contributed by atoms with E-state index in [0.29, 0.717) is 26.3 Å². The second-order valence-electron chi connectivity index (χ2n) is 4.82. The number of hydrogen-bond acceptors (Lipinski definition) is 3. The lowest BCUT2D eigenvalue weighted by Gasteiger charge is -2.28. The minimum atomic E-state index is -3.30. The average molecular weight is 262 g/mol. The molecule has 100 valence electrons. The monoisotopic (exact) mass is 262 g/mol. The molecule has 1 N–H and O–H groups in total. The summed E-state index contributed by atoms with van der Waals surface area (Å²) in [5, 5.41) is 0. The largest absolute Gasteiger partial charge is 0.379 e. The molecule has 1 saturated heterocycles. The number of rotatable bonds is 3. The third-order valence-electron chi connectivity index (χ3n) is 3.48. The molecule has 1 aliphatic carbocycles. The highest BCUT2D eigenvalue weighted by atomic mass is 32.2. The smallest absolute Gasteiger partial charge is 0.279 e. The third kappa shape index (κ3) is 3.91. The van der Waals surface area contributed by atoms with Gasteiger partial charge in [0.1, 0.15) is 0 Å². The van der Waals surface area contributed by atoms with E-state index in [1.165, 1.54) is 17.1 Å². The Morgan fingerprint density at radius 3 is 2.18 bits per heavy atom. The lowest BCUT2D eigenvalue weighted by atomic mass is 10.1. The first-order chi connectivity index (χ1) is 8.18. The Morgan fingerprint density at radius 1 is 1.00 bits per heavy atom. The second-order valence-corrected chi connectivity index (χ2v) is 6.53. The van der Waals surface area contributed by atoms with Gasteiger partial charge in [-0.1, -0.05) is 25.7 Å². The summed E-state index contributed by atoms with van der Waals surface area (Å²) >= 11 is 0. The van der Waals surface area contributed by atoms with Gasteiger partial charge < -0.3 is 4.74 Å². The molecule has 1 saturated carbocycles. The average Bonchev–Trinajstić information content (AvgIpc) is 2.58. The standard InChI is InChI=1S/C11H22N2O3S/c14-17(15,13-7-9-16-10-8-13)12-11-5-3-1-2-4-6-11/h11-12H,1-10H2. The predicted molar refractivity (Wildman–Crippen MR) is 65.9 cm³/mol. The van der Waals surface area contributed by atoms with Crippen LogP contribution >= 0.6 is 0 Å². The van der Waals surface area contributed by atoms with Gasteiger partial charge in [0, 0.05) is 19.1 Å². The van der Waals surface area contributed by atoms with Gasteiger partial charge in [0.15, 0.2) is 0 Å². The van der Waals surface area contributed by atoms with Crippen molar-refractivity contribution in [3.8, 4) is 0 Å². The molecule has 0 unspecified atom stereocenters. The molecule has 6 heteroatoms. The predicted octanol–water partition coefficient (Wildman–Crippen LogP) is 0.876. The number of morpholine rings is 1. The Balaban J connectivity index is 1.90. The van der Waals surface area contributed by atoms with Gasteiger partial charge >= 0.3 is 0 Å². The molecule has 1 aliphatic heterocycles. The van der Waals surface area contributed by atoms with E-state index in [2.05, 4.69) is 4.72 Å². The van der Waals surface area contributed by atoms with E-state index < -0.39 is 10.2 Å². The van der Waals surface area contributed by atoms with Crippen molar-refractivity contribution in [1.82, 2.24) is 9.03 Å².